The monoisotopic (exact) mass is 645 g/mol. The molecule has 2 aliphatic heterocycles. The highest BCUT2D eigenvalue weighted by molar-refractivity contribution is 6.75. The predicted molar refractivity (Wildman–Crippen MR) is 177 cm³/mol. The van der Waals surface area contributed by atoms with Gasteiger partial charge in [-0.25, -0.2) is 4.79 Å². The van der Waals surface area contributed by atoms with Crippen LogP contribution < -0.4 is 23.4 Å². The molecule has 2 aromatic rings. The number of carbonyl (C=O) groups is 1. The molecule has 0 radical (unpaired) electrons. The summed E-state index contributed by atoms with van der Waals surface area (Å²) in [6.45, 7) is 22.9. The first-order chi connectivity index (χ1) is 20.3. The maximum absolute atomic E-state index is 13.0. The average Bonchev–Trinajstić information content (AvgIpc) is 3.38. The van der Waals surface area contributed by atoms with Gasteiger partial charge in [-0.05, 0) is 67.4 Å². The molecule has 1 N–H and O–H groups in total. The predicted octanol–water partition coefficient (Wildman–Crippen LogP) is 7.81. The van der Waals surface area contributed by atoms with E-state index >= 15 is 0 Å². The van der Waals surface area contributed by atoms with Gasteiger partial charge in [-0.2, -0.15) is 0 Å². The van der Waals surface area contributed by atoms with Gasteiger partial charge in [-0.1, -0.05) is 47.6 Å². The Bertz CT molecular complexity index is 1410. The third kappa shape index (κ3) is 6.08. The summed E-state index contributed by atoms with van der Waals surface area (Å²) in [5.41, 5.74) is 2.61. The number of rotatable bonds is 9. The lowest BCUT2D eigenvalue weighted by atomic mass is 9.84. The summed E-state index contributed by atoms with van der Waals surface area (Å²) in [7, 11) is 0.186. The molecule has 2 atom stereocenters. The molecule has 2 aliphatic rings. The van der Waals surface area contributed by atoms with Gasteiger partial charge in [0, 0.05) is 17.7 Å². The van der Waals surface area contributed by atoms with Crippen molar-refractivity contribution in [3.8, 4) is 28.7 Å². The Kier molecular flexibility index (Phi) is 9.22. The lowest BCUT2D eigenvalue weighted by Crippen LogP contribution is -2.47. The van der Waals surface area contributed by atoms with E-state index in [1.807, 2.05) is 6.07 Å². The smallest absolute Gasteiger partial charge is 0.340 e. The first-order valence-electron chi connectivity index (χ1n) is 15.3. The largest absolute Gasteiger partial charge is 0.541 e. The van der Waals surface area contributed by atoms with Crippen molar-refractivity contribution in [3.63, 3.8) is 0 Å². The molecule has 2 heterocycles. The topological polar surface area (TPSA) is 95.9 Å². The van der Waals surface area contributed by atoms with E-state index in [1.54, 1.807) is 6.07 Å². The normalized spacial score (nSPS) is 18.1. The van der Waals surface area contributed by atoms with Crippen LogP contribution in [-0.2, 0) is 10.8 Å². The van der Waals surface area contributed by atoms with E-state index in [-0.39, 0.29) is 28.2 Å². The Morgan fingerprint density at radius 1 is 0.977 bits per heavy atom. The summed E-state index contributed by atoms with van der Waals surface area (Å²) >= 11 is 0. The van der Waals surface area contributed by atoms with Crippen molar-refractivity contribution in [1.82, 2.24) is 4.90 Å². The summed E-state index contributed by atoms with van der Waals surface area (Å²) < 4.78 is 37.6. The SMILES string of the molecule is COc1ccc([C@H](O[Si](C)(C)C(C)(C)C)[C@H]2c3c(cc4c(c3O[Si](C)(C)C(C)(C)C)OCO4)CCN2C)c(C(=O)O)c1OC. The number of carboxylic acid groups (broad SMARTS) is 1. The molecule has 2 aromatic carbocycles. The van der Waals surface area contributed by atoms with Gasteiger partial charge in [0.2, 0.25) is 12.5 Å². The minimum absolute atomic E-state index is 0.0312. The molecule has 0 saturated heterocycles. The van der Waals surface area contributed by atoms with Gasteiger partial charge in [0.1, 0.15) is 5.56 Å². The Morgan fingerprint density at radius 3 is 2.16 bits per heavy atom. The molecule has 0 aliphatic carbocycles. The quantitative estimate of drug-likeness (QED) is 0.274. The van der Waals surface area contributed by atoms with Crippen molar-refractivity contribution in [2.24, 2.45) is 0 Å². The molecule has 0 amide bonds. The number of benzene rings is 2. The second-order valence-electron chi connectivity index (χ2n) is 14.9. The lowest BCUT2D eigenvalue weighted by molar-refractivity contribution is 0.0572. The molecule has 4 rings (SSSR count). The molecule has 0 saturated carbocycles. The molecule has 244 valence electrons. The number of hydrogen-bond acceptors (Lipinski definition) is 8. The minimum atomic E-state index is -2.49. The molecular weight excluding hydrogens is 595 g/mol. The van der Waals surface area contributed by atoms with Crippen LogP contribution in [0.1, 0.15) is 80.7 Å². The van der Waals surface area contributed by atoms with Gasteiger partial charge >= 0.3 is 5.97 Å². The van der Waals surface area contributed by atoms with Crippen molar-refractivity contribution < 1.29 is 37.7 Å². The zero-order chi connectivity index (χ0) is 33.0. The third-order valence-electron chi connectivity index (χ3n) is 10.0. The van der Waals surface area contributed by atoms with Crippen LogP contribution >= 0.6 is 0 Å². The van der Waals surface area contributed by atoms with Crippen molar-refractivity contribution in [1.29, 1.82) is 0 Å². The third-order valence-corrected chi connectivity index (χ3v) is 18.8. The molecule has 0 fully saturated rings. The summed E-state index contributed by atoms with van der Waals surface area (Å²) in [5, 5.41) is 10.4. The fourth-order valence-corrected chi connectivity index (χ4v) is 7.61. The van der Waals surface area contributed by atoms with Gasteiger partial charge in [-0.15, -0.1) is 0 Å². The maximum Gasteiger partial charge on any atom is 0.340 e. The van der Waals surface area contributed by atoms with Crippen LogP contribution in [0, 0.1) is 0 Å². The number of carboxylic acids is 1. The number of fused-ring (bicyclic) bond motifs is 2. The average molecular weight is 646 g/mol. The molecule has 11 heteroatoms. The standard InChI is InChI=1S/C33H51NO8Si2/c1-32(2,3)43(10,11)41-27(21-14-15-22(37-8)28(38-9)25(21)31(35)36)26-24-20(16-17-34(26)7)18-23-29(40-19-39-23)30(24)42-44(12,13)33(4,5)6/h14-15,18,26-27H,16-17,19H2,1-13H3,(H,35,36)/t26-,27+/m1/s1. The van der Waals surface area contributed by atoms with E-state index in [9.17, 15) is 9.90 Å². The second kappa shape index (κ2) is 11.9. The number of nitrogens with zero attached hydrogens (tertiary/aromatic N) is 1. The first kappa shape index (κ1) is 34.1. The summed E-state index contributed by atoms with van der Waals surface area (Å²) in [5.74, 6) is 1.37. The number of ether oxygens (including phenoxy) is 4. The van der Waals surface area contributed by atoms with Crippen LogP contribution in [0.5, 0.6) is 28.7 Å². The zero-order valence-electron chi connectivity index (χ0n) is 28.8. The van der Waals surface area contributed by atoms with Crippen molar-refractivity contribution in [2.45, 2.75) is 96.4 Å². The van der Waals surface area contributed by atoms with E-state index in [2.05, 4.69) is 85.7 Å². The van der Waals surface area contributed by atoms with E-state index in [1.165, 1.54) is 14.2 Å². The van der Waals surface area contributed by atoms with Crippen molar-refractivity contribution in [2.75, 3.05) is 34.6 Å². The number of likely N-dealkylation sites (N-methyl/N-ethyl adjacent to an activating group) is 1. The molecular formula is C33H51NO8Si2. The van der Waals surface area contributed by atoms with Gasteiger partial charge in [0.05, 0.1) is 26.4 Å². The van der Waals surface area contributed by atoms with Gasteiger partial charge in [-0.3, -0.25) is 4.90 Å². The first-order valence-corrected chi connectivity index (χ1v) is 21.1. The van der Waals surface area contributed by atoms with Gasteiger partial charge in [0.25, 0.3) is 8.32 Å². The maximum atomic E-state index is 13.0. The highest BCUT2D eigenvalue weighted by Crippen LogP contribution is 2.56. The number of hydrogen-bond donors (Lipinski definition) is 1. The van der Waals surface area contributed by atoms with Crippen LogP contribution in [0.3, 0.4) is 0 Å². The van der Waals surface area contributed by atoms with Crippen LogP contribution in [0.15, 0.2) is 18.2 Å². The summed E-state index contributed by atoms with van der Waals surface area (Å²) in [6, 6.07) is 5.25. The molecule has 9 nitrogen and oxygen atoms in total. The van der Waals surface area contributed by atoms with Gasteiger partial charge in [0.15, 0.2) is 31.3 Å². The fraction of sp³-hybridized carbons (Fsp3) is 0.606. The van der Waals surface area contributed by atoms with Crippen molar-refractivity contribution >= 4 is 22.6 Å². The van der Waals surface area contributed by atoms with Crippen LogP contribution in [0.25, 0.3) is 0 Å². The Morgan fingerprint density at radius 2 is 1.61 bits per heavy atom. The molecule has 0 unspecified atom stereocenters. The second-order valence-corrected chi connectivity index (χ2v) is 24.4. The lowest BCUT2D eigenvalue weighted by Gasteiger charge is -2.47. The van der Waals surface area contributed by atoms with E-state index in [4.69, 9.17) is 27.8 Å². The summed E-state index contributed by atoms with van der Waals surface area (Å²) in [4.78, 5) is 15.3. The molecule has 0 bridgehead atoms. The summed E-state index contributed by atoms with van der Waals surface area (Å²) in [6.07, 6.45) is 0.102. The Hall–Kier alpha value is -2.74. The van der Waals surface area contributed by atoms with Crippen LogP contribution in [0.4, 0.5) is 0 Å². The van der Waals surface area contributed by atoms with Crippen LogP contribution in [0.2, 0.25) is 36.3 Å². The fourth-order valence-electron chi connectivity index (χ4n) is 5.35. The van der Waals surface area contributed by atoms with Crippen molar-refractivity contribution in [3.05, 3.63) is 40.5 Å². The molecule has 0 spiro atoms. The van der Waals surface area contributed by atoms with Crippen LogP contribution in [-0.4, -0.2) is 67.2 Å². The number of aromatic carboxylic acids is 1. The van der Waals surface area contributed by atoms with E-state index in [0.717, 1.165) is 24.1 Å². The Labute approximate surface area is 265 Å². The molecule has 44 heavy (non-hydrogen) atoms. The zero-order valence-corrected chi connectivity index (χ0v) is 30.8. The minimum Gasteiger partial charge on any atom is -0.541 e. The highest BCUT2D eigenvalue weighted by atomic mass is 28.4. The molecule has 0 aromatic heterocycles. The van der Waals surface area contributed by atoms with E-state index in [0.29, 0.717) is 28.6 Å². The van der Waals surface area contributed by atoms with Gasteiger partial charge < -0.3 is 32.9 Å². The Balaban J connectivity index is 2.08. The highest BCUT2D eigenvalue weighted by Gasteiger charge is 2.48. The number of methoxy groups -OCH3 is 2. The van der Waals surface area contributed by atoms with E-state index < -0.39 is 34.7 Å².